The van der Waals surface area contributed by atoms with E-state index in [1.54, 1.807) is 0 Å². The van der Waals surface area contributed by atoms with E-state index >= 15 is 0 Å². The summed E-state index contributed by atoms with van der Waals surface area (Å²) in [5.41, 5.74) is 11.9. The van der Waals surface area contributed by atoms with E-state index in [1.165, 1.54) is 0 Å². The first-order valence-electron chi connectivity index (χ1n) is 4.37. The van der Waals surface area contributed by atoms with Crippen LogP contribution in [0.3, 0.4) is 0 Å². The van der Waals surface area contributed by atoms with Gasteiger partial charge in [0.05, 0.1) is 12.3 Å². The van der Waals surface area contributed by atoms with Gasteiger partial charge >= 0.3 is 0 Å². The van der Waals surface area contributed by atoms with Gasteiger partial charge in [-0.2, -0.15) is 0 Å². The van der Waals surface area contributed by atoms with Crippen LogP contribution in [-0.4, -0.2) is 6.10 Å². The molecule has 1 aromatic carbocycles. The summed E-state index contributed by atoms with van der Waals surface area (Å²) in [5, 5.41) is 0. The van der Waals surface area contributed by atoms with Crippen molar-refractivity contribution in [1.82, 2.24) is 0 Å². The molecule has 0 spiro atoms. The summed E-state index contributed by atoms with van der Waals surface area (Å²) in [6, 6.07) is 7.51. The Morgan fingerprint density at radius 1 is 1.08 bits per heavy atom. The van der Waals surface area contributed by atoms with Gasteiger partial charge in [0.1, 0.15) is 5.75 Å². The maximum Gasteiger partial charge on any atom is 0.119 e. The molecule has 3 heteroatoms. The van der Waals surface area contributed by atoms with E-state index in [9.17, 15) is 0 Å². The molecule has 0 saturated heterocycles. The molecule has 0 aliphatic rings. The first-order valence-corrected chi connectivity index (χ1v) is 4.37. The topological polar surface area (TPSA) is 61.3 Å². The van der Waals surface area contributed by atoms with Crippen molar-refractivity contribution in [3.8, 4) is 5.75 Å². The normalized spacial score (nSPS) is 10.9. The summed E-state index contributed by atoms with van der Waals surface area (Å²) in [4.78, 5) is 0. The van der Waals surface area contributed by atoms with Crippen LogP contribution in [0.25, 0.3) is 0 Å². The average Bonchev–Trinajstić information content (AvgIpc) is 2.04. The van der Waals surface area contributed by atoms with Crippen LogP contribution in [0.5, 0.6) is 5.75 Å². The lowest BCUT2D eigenvalue weighted by atomic mass is 10.2. The maximum absolute atomic E-state index is 5.50. The van der Waals surface area contributed by atoms with Gasteiger partial charge in [-0.25, -0.2) is 0 Å². The molecule has 13 heavy (non-hydrogen) atoms. The molecule has 72 valence electrons. The molecule has 0 aliphatic heterocycles. The Bertz CT molecular complexity index is 254. The molecule has 0 bridgehead atoms. The van der Waals surface area contributed by atoms with Gasteiger partial charge in [-0.1, -0.05) is 12.1 Å². The summed E-state index contributed by atoms with van der Waals surface area (Å²) in [5.74, 6) is 0.847. The zero-order valence-electron chi connectivity index (χ0n) is 8.03. The Balaban J connectivity index is 2.70. The van der Waals surface area contributed by atoms with Crippen LogP contribution in [0.1, 0.15) is 25.6 Å². The van der Waals surface area contributed by atoms with Gasteiger partial charge in [0.25, 0.3) is 0 Å². The molecule has 0 saturated carbocycles. The first kappa shape index (κ1) is 10.0. The van der Waals surface area contributed by atoms with Crippen molar-refractivity contribution >= 4 is 0 Å². The highest BCUT2D eigenvalue weighted by atomic mass is 16.5. The molecule has 0 atom stereocenters. The summed E-state index contributed by atoms with van der Waals surface area (Å²) >= 11 is 0. The highest BCUT2D eigenvalue weighted by Crippen LogP contribution is 2.15. The van der Waals surface area contributed by atoms with Crippen LogP contribution < -0.4 is 16.2 Å². The van der Waals surface area contributed by atoms with Gasteiger partial charge < -0.3 is 16.2 Å². The fourth-order valence-electron chi connectivity index (χ4n) is 1.04. The smallest absolute Gasteiger partial charge is 0.119 e. The van der Waals surface area contributed by atoms with Gasteiger partial charge in [0, 0.05) is 0 Å². The summed E-state index contributed by atoms with van der Waals surface area (Å²) in [7, 11) is 0. The van der Waals surface area contributed by atoms with E-state index in [2.05, 4.69) is 0 Å². The molecule has 3 nitrogen and oxygen atoms in total. The van der Waals surface area contributed by atoms with Gasteiger partial charge in [0.2, 0.25) is 0 Å². The zero-order chi connectivity index (χ0) is 9.84. The molecular formula is C10H16N2O. The molecule has 0 fully saturated rings. The predicted molar refractivity (Wildman–Crippen MR) is 53.3 cm³/mol. The molecule has 0 amide bonds. The highest BCUT2D eigenvalue weighted by molar-refractivity contribution is 5.28. The fourth-order valence-corrected chi connectivity index (χ4v) is 1.04. The Labute approximate surface area is 78.7 Å². The van der Waals surface area contributed by atoms with Gasteiger partial charge in [-0.3, -0.25) is 0 Å². The van der Waals surface area contributed by atoms with Crippen molar-refractivity contribution < 1.29 is 4.74 Å². The van der Waals surface area contributed by atoms with Crippen LogP contribution in [0.15, 0.2) is 24.3 Å². The van der Waals surface area contributed by atoms with Gasteiger partial charge in [-0.05, 0) is 31.5 Å². The lowest BCUT2D eigenvalue weighted by molar-refractivity contribution is 0.242. The van der Waals surface area contributed by atoms with E-state index in [1.807, 2.05) is 38.1 Å². The lowest BCUT2D eigenvalue weighted by Gasteiger charge is -2.11. The molecule has 0 heterocycles. The van der Waals surface area contributed by atoms with E-state index in [0.717, 1.165) is 11.3 Å². The third kappa shape index (κ3) is 3.05. The molecule has 0 aromatic heterocycles. The quantitative estimate of drug-likeness (QED) is 0.691. The Hall–Kier alpha value is -1.06. The second-order valence-corrected chi connectivity index (χ2v) is 3.26. The first-order chi connectivity index (χ1) is 6.09. The van der Waals surface area contributed by atoms with Crippen LogP contribution >= 0.6 is 0 Å². The number of nitrogens with two attached hydrogens (primary N) is 2. The molecule has 4 N–H and O–H groups in total. The van der Waals surface area contributed by atoms with Crippen LogP contribution in [0.2, 0.25) is 0 Å². The number of ether oxygens (including phenoxy) is 1. The number of hydrogen-bond acceptors (Lipinski definition) is 3. The molecule has 0 unspecified atom stereocenters. The molecular weight excluding hydrogens is 164 g/mol. The summed E-state index contributed by atoms with van der Waals surface area (Å²) in [6.45, 7) is 3.98. The second-order valence-electron chi connectivity index (χ2n) is 3.26. The van der Waals surface area contributed by atoms with Gasteiger partial charge in [0.15, 0.2) is 0 Å². The average molecular weight is 180 g/mol. The van der Waals surface area contributed by atoms with E-state index in [-0.39, 0.29) is 6.10 Å². The van der Waals surface area contributed by atoms with Crippen molar-refractivity contribution in [2.75, 3.05) is 0 Å². The largest absolute Gasteiger partial charge is 0.491 e. The third-order valence-corrected chi connectivity index (χ3v) is 1.64. The van der Waals surface area contributed by atoms with Crippen molar-refractivity contribution in [2.45, 2.75) is 26.1 Å². The Kier molecular flexibility index (Phi) is 3.28. The van der Waals surface area contributed by atoms with Gasteiger partial charge in [-0.15, -0.1) is 0 Å². The van der Waals surface area contributed by atoms with Crippen molar-refractivity contribution in [2.24, 2.45) is 11.5 Å². The molecule has 0 radical (unpaired) electrons. The predicted octanol–water partition coefficient (Wildman–Crippen LogP) is 1.39. The SMILES string of the molecule is CC(C)Oc1ccc(C(N)N)cc1. The molecule has 1 aromatic rings. The fraction of sp³-hybridized carbons (Fsp3) is 0.400. The van der Waals surface area contributed by atoms with Crippen molar-refractivity contribution in [3.63, 3.8) is 0 Å². The highest BCUT2D eigenvalue weighted by Gasteiger charge is 2.00. The second kappa shape index (κ2) is 4.25. The number of rotatable bonds is 3. The van der Waals surface area contributed by atoms with E-state index < -0.39 is 6.17 Å². The minimum absolute atomic E-state index is 0.192. The maximum atomic E-state index is 5.50. The lowest BCUT2D eigenvalue weighted by Crippen LogP contribution is -2.19. The summed E-state index contributed by atoms with van der Waals surface area (Å²) in [6.07, 6.45) is -0.217. The minimum atomic E-state index is -0.409. The minimum Gasteiger partial charge on any atom is -0.491 e. The van der Waals surface area contributed by atoms with Crippen LogP contribution in [-0.2, 0) is 0 Å². The Morgan fingerprint density at radius 2 is 1.62 bits per heavy atom. The molecule has 0 aliphatic carbocycles. The number of hydrogen-bond donors (Lipinski definition) is 2. The molecule has 1 rings (SSSR count). The number of benzene rings is 1. The van der Waals surface area contributed by atoms with Crippen molar-refractivity contribution in [3.05, 3.63) is 29.8 Å². The zero-order valence-corrected chi connectivity index (χ0v) is 8.03. The Morgan fingerprint density at radius 3 is 2.00 bits per heavy atom. The standard InChI is InChI=1S/C10H16N2O/c1-7(2)13-9-5-3-8(4-6-9)10(11)12/h3-7,10H,11-12H2,1-2H3. The van der Waals surface area contributed by atoms with Crippen LogP contribution in [0, 0.1) is 0 Å². The summed E-state index contributed by atoms with van der Waals surface area (Å²) < 4.78 is 5.47. The van der Waals surface area contributed by atoms with E-state index in [0.29, 0.717) is 0 Å². The van der Waals surface area contributed by atoms with Crippen LogP contribution in [0.4, 0.5) is 0 Å². The third-order valence-electron chi connectivity index (χ3n) is 1.64. The van der Waals surface area contributed by atoms with Crippen molar-refractivity contribution in [1.29, 1.82) is 0 Å². The monoisotopic (exact) mass is 180 g/mol. The van der Waals surface area contributed by atoms with E-state index in [4.69, 9.17) is 16.2 Å².